The molecule has 5 heteroatoms. The molecular weight excluding hydrogens is 280 g/mol. The lowest BCUT2D eigenvalue weighted by Gasteiger charge is -2.19. The van der Waals surface area contributed by atoms with Gasteiger partial charge in [0.25, 0.3) is 0 Å². The fraction of sp³-hybridized carbons (Fsp3) is 0.353. The van der Waals surface area contributed by atoms with E-state index in [9.17, 15) is 9.90 Å². The van der Waals surface area contributed by atoms with Gasteiger partial charge in [-0.1, -0.05) is 24.3 Å². The van der Waals surface area contributed by atoms with Gasteiger partial charge >= 0.3 is 6.09 Å². The maximum absolute atomic E-state index is 11.5. The van der Waals surface area contributed by atoms with Crippen molar-refractivity contribution in [2.75, 3.05) is 18.4 Å². The minimum Gasteiger partial charge on any atom is -0.507 e. The van der Waals surface area contributed by atoms with Crippen molar-refractivity contribution in [2.45, 2.75) is 26.4 Å². The molecule has 0 aliphatic rings. The van der Waals surface area contributed by atoms with Gasteiger partial charge in [-0.3, -0.25) is 0 Å². The number of hydrogen-bond donors (Lipinski definition) is 3. The second-order valence-corrected chi connectivity index (χ2v) is 6.03. The van der Waals surface area contributed by atoms with E-state index in [0.717, 1.165) is 16.5 Å². The Morgan fingerprint density at radius 2 is 1.77 bits per heavy atom. The molecule has 1 amide bonds. The molecule has 0 saturated heterocycles. The molecule has 2 aromatic rings. The Hall–Kier alpha value is -2.43. The van der Waals surface area contributed by atoms with Crippen LogP contribution >= 0.6 is 0 Å². The van der Waals surface area contributed by atoms with E-state index in [1.54, 1.807) is 6.07 Å². The Bertz CT molecular complexity index is 662. The van der Waals surface area contributed by atoms with E-state index >= 15 is 0 Å². The minimum absolute atomic E-state index is 0.257. The van der Waals surface area contributed by atoms with Crippen LogP contribution < -0.4 is 10.6 Å². The molecule has 0 spiro atoms. The molecule has 2 rings (SSSR count). The third-order valence-corrected chi connectivity index (χ3v) is 3.01. The standard InChI is InChI=1S/C17H22N2O3/c1-17(2,3)22-16(21)19-11-10-18-14-8-9-15(20)13-7-5-4-6-12(13)14/h4-9,18,20H,10-11H2,1-3H3,(H,19,21). The molecule has 0 atom stereocenters. The fourth-order valence-electron chi connectivity index (χ4n) is 2.11. The lowest BCUT2D eigenvalue weighted by molar-refractivity contribution is 0.0530. The first-order valence-corrected chi connectivity index (χ1v) is 7.28. The molecule has 2 aromatic carbocycles. The lowest BCUT2D eigenvalue weighted by atomic mass is 10.1. The van der Waals surface area contributed by atoms with Gasteiger partial charge < -0.3 is 20.5 Å². The van der Waals surface area contributed by atoms with Gasteiger partial charge in [-0.05, 0) is 32.9 Å². The number of phenolic OH excluding ortho intramolecular Hbond substituents is 1. The quantitative estimate of drug-likeness (QED) is 0.597. The molecule has 3 N–H and O–H groups in total. The Balaban J connectivity index is 1.91. The number of carbonyl (C=O) groups excluding carboxylic acids is 1. The topological polar surface area (TPSA) is 70.6 Å². The number of amides is 1. The van der Waals surface area contributed by atoms with E-state index in [1.807, 2.05) is 51.1 Å². The summed E-state index contributed by atoms with van der Waals surface area (Å²) in [5.74, 6) is 0.257. The maximum atomic E-state index is 11.5. The summed E-state index contributed by atoms with van der Waals surface area (Å²) in [4.78, 5) is 11.5. The van der Waals surface area contributed by atoms with Crippen molar-refractivity contribution in [3.8, 4) is 5.75 Å². The number of rotatable bonds is 4. The van der Waals surface area contributed by atoms with Gasteiger partial charge in [0, 0.05) is 29.5 Å². The summed E-state index contributed by atoms with van der Waals surface area (Å²) in [6.07, 6.45) is -0.426. The van der Waals surface area contributed by atoms with Crippen LogP contribution in [0.15, 0.2) is 36.4 Å². The molecule has 0 radical (unpaired) electrons. The highest BCUT2D eigenvalue weighted by atomic mass is 16.6. The van der Waals surface area contributed by atoms with E-state index in [2.05, 4.69) is 10.6 Å². The van der Waals surface area contributed by atoms with Gasteiger partial charge in [-0.25, -0.2) is 4.79 Å². The number of phenols is 1. The predicted molar refractivity (Wildman–Crippen MR) is 88.3 cm³/mol. The predicted octanol–water partition coefficient (Wildman–Crippen LogP) is 3.48. The van der Waals surface area contributed by atoms with Crippen LogP contribution in [0.4, 0.5) is 10.5 Å². The largest absolute Gasteiger partial charge is 0.507 e. The normalized spacial score (nSPS) is 11.2. The van der Waals surface area contributed by atoms with Crippen molar-refractivity contribution in [2.24, 2.45) is 0 Å². The van der Waals surface area contributed by atoms with Gasteiger partial charge in [0.15, 0.2) is 0 Å². The summed E-state index contributed by atoms with van der Waals surface area (Å²) >= 11 is 0. The smallest absolute Gasteiger partial charge is 0.407 e. The van der Waals surface area contributed by atoms with Gasteiger partial charge in [-0.2, -0.15) is 0 Å². The summed E-state index contributed by atoms with van der Waals surface area (Å²) in [6.45, 7) is 6.49. The molecular formula is C17H22N2O3. The second-order valence-electron chi connectivity index (χ2n) is 6.03. The minimum atomic E-state index is -0.495. The molecule has 0 bridgehead atoms. The van der Waals surface area contributed by atoms with Crippen molar-refractivity contribution < 1.29 is 14.6 Å². The molecule has 118 valence electrons. The molecule has 0 aromatic heterocycles. The molecule has 22 heavy (non-hydrogen) atoms. The number of hydrogen-bond acceptors (Lipinski definition) is 4. The van der Waals surface area contributed by atoms with Gasteiger partial charge in [0.2, 0.25) is 0 Å². The highest BCUT2D eigenvalue weighted by Gasteiger charge is 2.15. The molecule has 0 heterocycles. The van der Waals surface area contributed by atoms with Crippen LogP contribution in [-0.4, -0.2) is 29.9 Å². The number of aromatic hydroxyl groups is 1. The molecule has 0 fully saturated rings. The van der Waals surface area contributed by atoms with Crippen LogP contribution in [0, 0.1) is 0 Å². The van der Waals surface area contributed by atoms with E-state index in [4.69, 9.17) is 4.74 Å². The molecule has 0 unspecified atom stereocenters. The first-order valence-electron chi connectivity index (χ1n) is 7.28. The number of fused-ring (bicyclic) bond motifs is 1. The summed E-state index contributed by atoms with van der Waals surface area (Å²) in [5, 5.41) is 17.5. The Kier molecular flexibility index (Phi) is 4.75. The van der Waals surface area contributed by atoms with E-state index in [1.165, 1.54) is 0 Å². The lowest BCUT2D eigenvalue weighted by Crippen LogP contribution is -2.35. The van der Waals surface area contributed by atoms with Gasteiger partial charge in [-0.15, -0.1) is 0 Å². The third kappa shape index (κ3) is 4.28. The Morgan fingerprint density at radius 1 is 1.09 bits per heavy atom. The summed E-state index contributed by atoms with van der Waals surface area (Å²) in [5.41, 5.74) is 0.421. The van der Waals surface area contributed by atoms with Gasteiger partial charge in [0.1, 0.15) is 11.4 Å². The average Bonchev–Trinajstić information content (AvgIpc) is 2.44. The number of carbonyl (C=O) groups is 1. The number of ether oxygens (including phenoxy) is 1. The summed E-state index contributed by atoms with van der Waals surface area (Å²) < 4.78 is 5.17. The van der Waals surface area contributed by atoms with E-state index < -0.39 is 11.7 Å². The zero-order chi connectivity index (χ0) is 16.2. The Morgan fingerprint density at radius 3 is 2.45 bits per heavy atom. The van der Waals surface area contributed by atoms with Crippen LogP contribution in [0.1, 0.15) is 20.8 Å². The van der Waals surface area contributed by atoms with Crippen LogP contribution in [0.25, 0.3) is 10.8 Å². The number of alkyl carbamates (subject to hydrolysis) is 1. The zero-order valence-corrected chi connectivity index (χ0v) is 13.1. The zero-order valence-electron chi connectivity index (χ0n) is 13.1. The first kappa shape index (κ1) is 15.9. The molecule has 0 aliphatic heterocycles. The Labute approximate surface area is 130 Å². The van der Waals surface area contributed by atoms with Crippen LogP contribution in [0.2, 0.25) is 0 Å². The number of benzene rings is 2. The molecule has 0 saturated carbocycles. The van der Waals surface area contributed by atoms with E-state index in [0.29, 0.717) is 13.1 Å². The monoisotopic (exact) mass is 302 g/mol. The van der Waals surface area contributed by atoms with Crippen LogP contribution in [-0.2, 0) is 4.74 Å². The SMILES string of the molecule is CC(C)(C)OC(=O)NCCNc1ccc(O)c2ccccc12. The van der Waals surface area contributed by atoms with E-state index in [-0.39, 0.29) is 5.75 Å². The maximum Gasteiger partial charge on any atom is 0.407 e. The van der Waals surface area contributed by atoms with Crippen LogP contribution in [0.5, 0.6) is 5.75 Å². The fourth-order valence-corrected chi connectivity index (χ4v) is 2.11. The second kappa shape index (κ2) is 6.56. The number of anilines is 1. The highest BCUT2D eigenvalue weighted by Crippen LogP contribution is 2.30. The van der Waals surface area contributed by atoms with Crippen molar-refractivity contribution in [1.29, 1.82) is 0 Å². The van der Waals surface area contributed by atoms with Crippen molar-refractivity contribution in [3.05, 3.63) is 36.4 Å². The van der Waals surface area contributed by atoms with Crippen molar-refractivity contribution in [3.63, 3.8) is 0 Å². The summed E-state index contributed by atoms with van der Waals surface area (Å²) in [6, 6.07) is 11.1. The van der Waals surface area contributed by atoms with Gasteiger partial charge in [0.05, 0.1) is 0 Å². The van der Waals surface area contributed by atoms with Crippen molar-refractivity contribution >= 4 is 22.6 Å². The number of nitrogens with one attached hydrogen (secondary N) is 2. The highest BCUT2D eigenvalue weighted by molar-refractivity contribution is 5.97. The van der Waals surface area contributed by atoms with Crippen LogP contribution in [0.3, 0.4) is 0 Å². The molecule has 5 nitrogen and oxygen atoms in total. The average molecular weight is 302 g/mol. The third-order valence-electron chi connectivity index (χ3n) is 3.01. The first-order chi connectivity index (χ1) is 10.4. The molecule has 0 aliphatic carbocycles. The summed E-state index contributed by atoms with van der Waals surface area (Å²) in [7, 11) is 0. The van der Waals surface area contributed by atoms with Crippen molar-refractivity contribution in [1.82, 2.24) is 5.32 Å².